The molecular formula is C18H19N3O7. The molecule has 0 unspecified atom stereocenters. The lowest BCUT2D eigenvalue weighted by atomic mass is 10.2. The van der Waals surface area contributed by atoms with E-state index >= 15 is 0 Å². The molecule has 0 radical (unpaired) electrons. The minimum Gasteiger partial charge on any atom is -0.490 e. The molecule has 1 aliphatic rings. The van der Waals surface area contributed by atoms with Gasteiger partial charge in [-0.05, 0) is 18.2 Å². The molecule has 10 nitrogen and oxygen atoms in total. The Morgan fingerprint density at radius 1 is 1.11 bits per heavy atom. The molecule has 0 spiro atoms. The lowest BCUT2D eigenvalue weighted by molar-refractivity contribution is 0.0474. The van der Waals surface area contributed by atoms with Crippen LogP contribution in [0.4, 0.5) is 5.82 Å². The lowest BCUT2D eigenvalue weighted by Crippen LogP contribution is -2.42. The van der Waals surface area contributed by atoms with Crippen LogP contribution < -0.4 is 26.5 Å². The number of anilines is 1. The third kappa shape index (κ3) is 3.48. The van der Waals surface area contributed by atoms with Crippen molar-refractivity contribution in [1.29, 1.82) is 0 Å². The molecule has 1 aliphatic heterocycles. The van der Waals surface area contributed by atoms with Gasteiger partial charge in [-0.25, -0.2) is 9.59 Å². The molecule has 10 heteroatoms. The summed E-state index contributed by atoms with van der Waals surface area (Å²) in [5.41, 5.74) is 3.97. The van der Waals surface area contributed by atoms with Crippen LogP contribution >= 0.6 is 0 Å². The average molecular weight is 389 g/mol. The van der Waals surface area contributed by atoms with Crippen LogP contribution in [0.2, 0.25) is 0 Å². The standard InChI is InChI=1S/C18H19N3O7/c1-20-15(19)14(16(23)21(2)18(20)25)11(22)9-28-17(24)10-4-5-12-13(8-10)27-7-3-6-26-12/h4-5,8H,3,6-7,9,19H2,1-2H3. The second-order valence-electron chi connectivity index (χ2n) is 6.18. The first kappa shape index (κ1) is 19.2. The minimum absolute atomic E-state index is 0.165. The summed E-state index contributed by atoms with van der Waals surface area (Å²) in [6, 6.07) is 4.53. The number of rotatable bonds is 4. The number of nitrogen functional groups attached to an aromatic ring is 1. The number of ether oxygens (including phenoxy) is 3. The van der Waals surface area contributed by atoms with Crippen LogP contribution in [0, 0.1) is 0 Å². The number of benzene rings is 1. The Kier molecular flexibility index (Phi) is 5.21. The number of hydrogen-bond acceptors (Lipinski definition) is 8. The highest BCUT2D eigenvalue weighted by Gasteiger charge is 2.22. The maximum Gasteiger partial charge on any atom is 0.338 e. The Balaban J connectivity index is 1.77. The molecular weight excluding hydrogens is 370 g/mol. The van der Waals surface area contributed by atoms with E-state index in [1.165, 1.54) is 26.2 Å². The third-order valence-electron chi connectivity index (χ3n) is 4.31. The van der Waals surface area contributed by atoms with E-state index in [1.807, 2.05) is 0 Å². The number of carbonyl (C=O) groups excluding carboxylic acids is 2. The summed E-state index contributed by atoms with van der Waals surface area (Å²) in [6.45, 7) is 0.269. The fourth-order valence-corrected chi connectivity index (χ4v) is 2.70. The third-order valence-corrected chi connectivity index (χ3v) is 4.31. The van der Waals surface area contributed by atoms with E-state index in [-0.39, 0.29) is 11.4 Å². The van der Waals surface area contributed by atoms with Crippen molar-refractivity contribution < 1.29 is 23.8 Å². The summed E-state index contributed by atoms with van der Waals surface area (Å²) >= 11 is 0. The summed E-state index contributed by atoms with van der Waals surface area (Å²) in [4.78, 5) is 48.6. The number of esters is 1. The van der Waals surface area contributed by atoms with Gasteiger partial charge < -0.3 is 19.9 Å². The highest BCUT2D eigenvalue weighted by Crippen LogP contribution is 2.30. The predicted octanol–water partition coefficient (Wildman–Crippen LogP) is -0.133. The fraction of sp³-hybridized carbons (Fsp3) is 0.333. The van der Waals surface area contributed by atoms with Crippen LogP contribution in [0.1, 0.15) is 27.1 Å². The predicted molar refractivity (Wildman–Crippen MR) is 98.0 cm³/mol. The first-order chi connectivity index (χ1) is 13.3. The molecule has 0 atom stereocenters. The number of hydrogen-bond donors (Lipinski definition) is 1. The van der Waals surface area contributed by atoms with Crippen LogP contribution in [-0.4, -0.2) is 40.7 Å². The average Bonchev–Trinajstić information content (AvgIpc) is 2.93. The van der Waals surface area contributed by atoms with E-state index in [4.69, 9.17) is 19.9 Å². The van der Waals surface area contributed by atoms with Gasteiger partial charge in [-0.2, -0.15) is 0 Å². The highest BCUT2D eigenvalue weighted by atomic mass is 16.5. The maximum absolute atomic E-state index is 12.4. The number of Topliss-reactive ketones (excluding diaryl/α,β-unsaturated/α-hetero) is 1. The Bertz CT molecular complexity index is 1070. The minimum atomic E-state index is -0.850. The molecule has 0 fully saturated rings. The van der Waals surface area contributed by atoms with Gasteiger partial charge >= 0.3 is 11.7 Å². The van der Waals surface area contributed by atoms with E-state index in [0.29, 0.717) is 24.7 Å². The molecule has 2 aromatic rings. The van der Waals surface area contributed by atoms with E-state index in [1.54, 1.807) is 6.07 Å². The Labute approximate surface area is 159 Å². The maximum atomic E-state index is 12.4. The van der Waals surface area contributed by atoms with E-state index in [9.17, 15) is 19.2 Å². The van der Waals surface area contributed by atoms with Gasteiger partial charge in [0.15, 0.2) is 18.1 Å². The van der Waals surface area contributed by atoms with Crippen molar-refractivity contribution in [3.05, 3.63) is 50.2 Å². The molecule has 1 aromatic carbocycles. The molecule has 3 rings (SSSR count). The number of carbonyl (C=O) groups is 2. The van der Waals surface area contributed by atoms with Gasteiger partial charge in [0.25, 0.3) is 5.56 Å². The van der Waals surface area contributed by atoms with Gasteiger partial charge in [0.05, 0.1) is 18.8 Å². The van der Waals surface area contributed by atoms with Crippen LogP contribution in [0.25, 0.3) is 0 Å². The SMILES string of the molecule is Cn1c(N)c(C(=O)COC(=O)c2ccc3c(c2)OCCCO3)c(=O)n(C)c1=O. The molecule has 1 aromatic heterocycles. The second kappa shape index (κ2) is 7.59. The first-order valence-corrected chi connectivity index (χ1v) is 8.46. The topological polar surface area (TPSA) is 132 Å². The number of ketones is 1. The van der Waals surface area contributed by atoms with E-state index in [0.717, 1.165) is 15.6 Å². The Morgan fingerprint density at radius 3 is 2.50 bits per heavy atom. The summed E-state index contributed by atoms with van der Waals surface area (Å²) in [5, 5.41) is 0. The monoisotopic (exact) mass is 389 g/mol. The molecule has 0 bridgehead atoms. The number of fused-ring (bicyclic) bond motifs is 1. The van der Waals surface area contributed by atoms with Gasteiger partial charge in [-0.15, -0.1) is 0 Å². The number of aromatic nitrogens is 2. The van der Waals surface area contributed by atoms with Crippen molar-refractivity contribution in [3.8, 4) is 11.5 Å². The Hall–Kier alpha value is -3.56. The van der Waals surface area contributed by atoms with Gasteiger partial charge in [0.2, 0.25) is 5.78 Å². The fourth-order valence-electron chi connectivity index (χ4n) is 2.70. The van der Waals surface area contributed by atoms with Crippen molar-refractivity contribution in [3.63, 3.8) is 0 Å². The van der Waals surface area contributed by atoms with Crippen molar-refractivity contribution in [1.82, 2.24) is 9.13 Å². The molecule has 0 amide bonds. The Morgan fingerprint density at radius 2 is 1.79 bits per heavy atom. The van der Waals surface area contributed by atoms with Gasteiger partial charge in [-0.1, -0.05) is 0 Å². The summed E-state index contributed by atoms with van der Waals surface area (Å²) in [5.74, 6) is -0.939. The lowest BCUT2D eigenvalue weighted by Gasteiger charge is -2.11. The van der Waals surface area contributed by atoms with Gasteiger partial charge in [-0.3, -0.25) is 18.7 Å². The second-order valence-corrected chi connectivity index (χ2v) is 6.18. The van der Waals surface area contributed by atoms with E-state index in [2.05, 4.69) is 0 Å². The molecule has 0 aliphatic carbocycles. The van der Waals surface area contributed by atoms with Crippen molar-refractivity contribution >= 4 is 17.6 Å². The summed E-state index contributed by atoms with van der Waals surface area (Å²) in [7, 11) is 2.56. The molecule has 2 N–H and O–H groups in total. The van der Waals surface area contributed by atoms with Crippen LogP contribution in [0.3, 0.4) is 0 Å². The van der Waals surface area contributed by atoms with Crippen molar-refractivity contribution in [2.24, 2.45) is 14.1 Å². The number of nitrogens with zero attached hydrogens (tertiary/aromatic N) is 2. The number of nitrogens with two attached hydrogens (primary N) is 1. The van der Waals surface area contributed by atoms with Crippen LogP contribution in [0.5, 0.6) is 11.5 Å². The highest BCUT2D eigenvalue weighted by molar-refractivity contribution is 6.02. The summed E-state index contributed by atoms with van der Waals surface area (Å²) < 4.78 is 17.7. The zero-order chi connectivity index (χ0) is 20.4. The normalized spacial score (nSPS) is 12.9. The van der Waals surface area contributed by atoms with E-state index < -0.39 is 35.2 Å². The quantitative estimate of drug-likeness (QED) is 0.565. The van der Waals surface area contributed by atoms with Gasteiger partial charge in [0.1, 0.15) is 11.4 Å². The van der Waals surface area contributed by atoms with Crippen molar-refractivity contribution in [2.75, 3.05) is 25.6 Å². The smallest absolute Gasteiger partial charge is 0.338 e. The van der Waals surface area contributed by atoms with Crippen molar-refractivity contribution in [2.45, 2.75) is 6.42 Å². The van der Waals surface area contributed by atoms with Crippen LogP contribution in [0.15, 0.2) is 27.8 Å². The molecule has 28 heavy (non-hydrogen) atoms. The zero-order valence-electron chi connectivity index (χ0n) is 15.4. The van der Waals surface area contributed by atoms with Gasteiger partial charge in [0, 0.05) is 20.5 Å². The molecule has 0 saturated heterocycles. The zero-order valence-corrected chi connectivity index (χ0v) is 15.4. The molecule has 148 valence electrons. The largest absolute Gasteiger partial charge is 0.490 e. The molecule has 0 saturated carbocycles. The summed E-state index contributed by atoms with van der Waals surface area (Å²) in [6.07, 6.45) is 0.721. The van der Waals surface area contributed by atoms with Crippen LogP contribution in [-0.2, 0) is 18.8 Å². The first-order valence-electron chi connectivity index (χ1n) is 8.46. The molecule has 2 heterocycles.